The van der Waals surface area contributed by atoms with Crippen LogP contribution in [0.3, 0.4) is 0 Å². The fourth-order valence-corrected chi connectivity index (χ4v) is 4.39. The second-order valence-electron chi connectivity index (χ2n) is 8.32. The summed E-state index contributed by atoms with van der Waals surface area (Å²) in [5.74, 6) is -0.0420. The summed E-state index contributed by atoms with van der Waals surface area (Å²) in [6.07, 6.45) is 7.41. The number of rotatable bonds is 5. The molecule has 0 aliphatic carbocycles. The normalized spacial score (nSPS) is 15.8. The largest absolute Gasteiger partial charge is 0.350 e. The van der Waals surface area contributed by atoms with Crippen molar-refractivity contribution in [3.63, 3.8) is 0 Å². The zero-order chi connectivity index (χ0) is 21.1. The number of benzene rings is 1. The van der Waals surface area contributed by atoms with Crippen LogP contribution in [-0.4, -0.2) is 40.4 Å². The van der Waals surface area contributed by atoms with Crippen LogP contribution in [0.5, 0.6) is 0 Å². The predicted molar refractivity (Wildman–Crippen MR) is 121 cm³/mol. The van der Waals surface area contributed by atoms with E-state index in [4.69, 9.17) is 4.98 Å². The zero-order valence-electron chi connectivity index (χ0n) is 18.1. The number of nitrogens with zero attached hydrogens (tertiary/aromatic N) is 3. The van der Waals surface area contributed by atoms with E-state index in [1.165, 1.54) is 24.8 Å². The molecule has 2 aromatic heterocycles. The first kappa shape index (κ1) is 20.5. The van der Waals surface area contributed by atoms with Crippen LogP contribution in [0.15, 0.2) is 42.7 Å². The summed E-state index contributed by atoms with van der Waals surface area (Å²) in [7, 11) is 0. The molecule has 1 aliphatic heterocycles. The Kier molecular flexibility index (Phi) is 6.09. The minimum Gasteiger partial charge on any atom is -0.350 e. The second-order valence-corrected chi connectivity index (χ2v) is 8.32. The van der Waals surface area contributed by atoms with Crippen molar-refractivity contribution in [3.05, 3.63) is 70.7 Å². The molecule has 3 aromatic rings. The fourth-order valence-electron chi connectivity index (χ4n) is 4.39. The summed E-state index contributed by atoms with van der Waals surface area (Å²) in [5, 5.41) is 4.13. The summed E-state index contributed by atoms with van der Waals surface area (Å²) in [4.78, 5) is 24.7. The molecular weight excluding hydrogens is 372 g/mol. The highest BCUT2D eigenvalue weighted by atomic mass is 16.1. The van der Waals surface area contributed by atoms with Crippen LogP contribution >= 0.6 is 0 Å². The van der Waals surface area contributed by atoms with Gasteiger partial charge in [-0.2, -0.15) is 0 Å². The minimum absolute atomic E-state index is 0.0420. The number of aryl methyl sites for hydroxylation is 3. The smallest absolute Gasteiger partial charge is 0.252 e. The highest BCUT2D eigenvalue weighted by molar-refractivity contribution is 6.07. The van der Waals surface area contributed by atoms with Gasteiger partial charge in [0.15, 0.2) is 0 Å². The van der Waals surface area contributed by atoms with E-state index >= 15 is 0 Å². The van der Waals surface area contributed by atoms with Gasteiger partial charge in [-0.05, 0) is 75.5 Å². The SMILES string of the molecule is Cc1cc(C(=O)NCC(c2cccnc2)N2CCCCC2)c2ccc(C)c(C)c2n1. The van der Waals surface area contributed by atoms with Crippen LogP contribution in [0.25, 0.3) is 10.9 Å². The van der Waals surface area contributed by atoms with Gasteiger partial charge in [0.05, 0.1) is 17.1 Å². The van der Waals surface area contributed by atoms with Gasteiger partial charge in [-0.15, -0.1) is 0 Å². The van der Waals surface area contributed by atoms with Gasteiger partial charge in [0.2, 0.25) is 0 Å². The van der Waals surface area contributed by atoms with E-state index in [1.807, 2.05) is 31.3 Å². The van der Waals surface area contributed by atoms with Crippen molar-refractivity contribution in [2.45, 2.75) is 46.1 Å². The molecule has 5 nitrogen and oxygen atoms in total. The summed E-state index contributed by atoms with van der Waals surface area (Å²) < 4.78 is 0. The third-order valence-electron chi connectivity index (χ3n) is 6.23. The molecule has 0 spiro atoms. The number of carbonyl (C=O) groups excluding carboxylic acids is 1. The van der Waals surface area contributed by atoms with E-state index in [9.17, 15) is 4.79 Å². The lowest BCUT2D eigenvalue weighted by Crippen LogP contribution is -2.40. The standard InChI is InChI=1S/C25H30N4O/c1-17-9-10-21-22(14-18(2)28-24(21)19(17)3)25(30)27-16-23(20-8-7-11-26-15-20)29-12-5-4-6-13-29/h7-11,14-15,23H,4-6,12-13,16H2,1-3H3,(H,27,30). The average Bonchev–Trinajstić information content (AvgIpc) is 2.77. The van der Waals surface area contributed by atoms with Crippen LogP contribution in [0, 0.1) is 20.8 Å². The van der Waals surface area contributed by atoms with Crippen molar-refractivity contribution in [1.82, 2.24) is 20.2 Å². The molecule has 156 valence electrons. The predicted octanol–water partition coefficient (Wildman–Crippen LogP) is 4.51. The van der Waals surface area contributed by atoms with Gasteiger partial charge < -0.3 is 5.32 Å². The molecule has 0 saturated carbocycles. The molecule has 1 N–H and O–H groups in total. The van der Waals surface area contributed by atoms with Gasteiger partial charge in [-0.3, -0.25) is 19.7 Å². The molecule has 1 aliphatic rings. The Hall–Kier alpha value is -2.79. The lowest BCUT2D eigenvalue weighted by molar-refractivity contribution is 0.0925. The molecule has 1 saturated heterocycles. The van der Waals surface area contributed by atoms with E-state index in [2.05, 4.69) is 41.2 Å². The van der Waals surface area contributed by atoms with E-state index < -0.39 is 0 Å². The minimum atomic E-state index is -0.0420. The second kappa shape index (κ2) is 8.92. The Morgan fingerprint density at radius 2 is 1.93 bits per heavy atom. The molecule has 1 atom stereocenters. The molecular formula is C25H30N4O. The molecule has 30 heavy (non-hydrogen) atoms. The maximum absolute atomic E-state index is 13.3. The number of hydrogen-bond donors (Lipinski definition) is 1. The highest BCUT2D eigenvalue weighted by Crippen LogP contribution is 2.26. The van der Waals surface area contributed by atoms with E-state index in [0.717, 1.165) is 40.8 Å². The van der Waals surface area contributed by atoms with Crippen LogP contribution in [0.1, 0.15) is 58.0 Å². The van der Waals surface area contributed by atoms with E-state index in [1.54, 1.807) is 6.20 Å². The van der Waals surface area contributed by atoms with Crippen LogP contribution < -0.4 is 5.32 Å². The van der Waals surface area contributed by atoms with Crippen molar-refractivity contribution in [2.24, 2.45) is 0 Å². The molecule has 1 amide bonds. The number of fused-ring (bicyclic) bond motifs is 1. The van der Waals surface area contributed by atoms with Crippen molar-refractivity contribution < 1.29 is 4.79 Å². The lowest BCUT2D eigenvalue weighted by atomic mass is 10.00. The van der Waals surface area contributed by atoms with Crippen molar-refractivity contribution in [3.8, 4) is 0 Å². The molecule has 0 radical (unpaired) electrons. The van der Waals surface area contributed by atoms with Gasteiger partial charge >= 0.3 is 0 Å². The van der Waals surface area contributed by atoms with Crippen molar-refractivity contribution >= 4 is 16.8 Å². The van der Waals surface area contributed by atoms with Crippen molar-refractivity contribution in [1.29, 1.82) is 0 Å². The van der Waals surface area contributed by atoms with E-state index in [0.29, 0.717) is 12.1 Å². The molecule has 5 heteroatoms. The lowest BCUT2D eigenvalue weighted by Gasteiger charge is -2.34. The van der Waals surface area contributed by atoms with Crippen LogP contribution in [-0.2, 0) is 0 Å². The van der Waals surface area contributed by atoms with Gasteiger partial charge in [-0.25, -0.2) is 0 Å². The van der Waals surface area contributed by atoms with Crippen LogP contribution in [0.4, 0.5) is 0 Å². The maximum Gasteiger partial charge on any atom is 0.252 e. The van der Waals surface area contributed by atoms with Crippen molar-refractivity contribution in [2.75, 3.05) is 19.6 Å². The molecule has 1 aromatic carbocycles. The van der Waals surface area contributed by atoms with Gasteiger partial charge in [-0.1, -0.05) is 24.6 Å². The quantitative estimate of drug-likeness (QED) is 0.682. The third kappa shape index (κ3) is 4.21. The number of likely N-dealkylation sites (tertiary alicyclic amines) is 1. The third-order valence-corrected chi connectivity index (χ3v) is 6.23. The number of hydrogen-bond acceptors (Lipinski definition) is 4. The molecule has 3 heterocycles. The summed E-state index contributed by atoms with van der Waals surface area (Å²) >= 11 is 0. The Balaban J connectivity index is 1.60. The molecule has 4 rings (SSSR count). The first-order valence-corrected chi connectivity index (χ1v) is 10.8. The fraction of sp³-hybridized carbons (Fsp3) is 0.400. The zero-order valence-corrected chi connectivity index (χ0v) is 18.1. The summed E-state index contributed by atoms with van der Waals surface area (Å²) in [6, 6.07) is 10.2. The Labute approximate surface area is 178 Å². The Bertz CT molecular complexity index is 1040. The summed E-state index contributed by atoms with van der Waals surface area (Å²) in [5.41, 5.74) is 5.95. The number of piperidine rings is 1. The first-order valence-electron chi connectivity index (χ1n) is 10.8. The number of aromatic nitrogens is 2. The monoisotopic (exact) mass is 402 g/mol. The molecule has 1 unspecified atom stereocenters. The number of carbonyl (C=O) groups is 1. The molecule has 1 fully saturated rings. The van der Waals surface area contributed by atoms with Crippen LogP contribution in [0.2, 0.25) is 0 Å². The number of nitrogens with one attached hydrogen (secondary N) is 1. The number of amides is 1. The van der Waals surface area contributed by atoms with Gasteiger partial charge in [0.1, 0.15) is 0 Å². The van der Waals surface area contributed by atoms with Gasteiger partial charge in [0, 0.05) is 30.0 Å². The average molecular weight is 403 g/mol. The highest BCUT2D eigenvalue weighted by Gasteiger charge is 2.24. The Morgan fingerprint density at radius 1 is 1.13 bits per heavy atom. The summed E-state index contributed by atoms with van der Waals surface area (Å²) in [6.45, 7) is 8.79. The number of pyridine rings is 2. The van der Waals surface area contributed by atoms with Gasteiger partial charge in [0.25, 0.3) is 5.91 Å². The van der Waals surface area contributed by atoms with E-state index in [-0.39, 0.29) is 11.9 Å². The first-order chi connectivity index (χ1) is 14.5. The topological polar surface area (TPSA) is 58.1 Å². The molecule has 0 bridgehead atoms. The Morgan fingerprint density at radius 3 is 2.67 bits per heavy atom. The maximum atomic E-state index is 13.3.